The van der Waals surface area contributed by atoms with Crippen molar-refractivity contribution in [2.24, 2.45) is 0 Å². The number of benzene rings is 1. The largest absolute Gasteiger partial charge is 0.417 e. The van der Waals surface area contributed by atoms with Gasteiger partial charge in [0.25, 0.3) is 0 Å². The van der Waals surface area contributed by atoms with E-state index in [4.69, 9.17) is 0 Å². The first kappa shape index (κ1) is 16.0. The van der Waals surface area contributed by atoms with Crippen LogP contribution < -0.4 is 5.56 Å². The number of nitrogens with one attached hydrogen (secondary N) is 1. The maximum Gasteiger partial charge on any atom is 0.417 e. The molecule has 1 aromatic carbocycles. The Morgan fingerprint density at radius 2 is 1.74 bits per heavy atom. The summed E-state index contributed by atoms with van der Waals surface area (Å²) in [4.78, 5) is 13.4. The average molecular weight is 346 g/mol. The lowest BCUT2D eigenvalue weighted by molar-refractivity contribution is -0.136. The summed E-state index contributed by atoms with van der Waals surface area (Å²) in [6, 6.07) is 3.82. The number of nitrogens with zero attached hydrogens (tertiary/aromatic N) is 1. The summed E-state index contributed by atoms with van der Waals surface area (Å²) in [6.45, 7) is 0.718. The van der Waals surface area contributed by atoms with Crippen molar-refractivity contribution in [1.29, 1.82) is 0 Å². The van der Waals surface area contributed by atoms with Crippen LogP contribution in [0.15, 0.2) is 34.0 Å². The van der Waals surface area contributed by atoms with E-state index < -0.39 is 27.3 Å². The average Bonchev–Trinajstić information content (AvgIpc) is 2.99. The van der Waals surface area contributed by atoms with Crippen molar-refractivity contribution in [1.82, 2.24) is 9.29 Å². The Morgan fingerprint density at radius 1 is 1.09 bits per heavy atom. The topological polar surface area (TPSA) is 70.2 Å². The molecule has 23 heavy (non-hydrogen) atoms. The van der Waals surface area contributed by atoms with Gasteiger partial charge >= 0.3 is 6.18 Å². The highest BCUT2D eigenvalue weighted by Crippen LogP contribution is 2.34. The Hall–Kier alpha value is -1.87. The van der Waals surface area contributed by atoms with Crippen LogP contribution in [0.25, 0.3) is 10.9 Å². The molecule has 1 aromatic heterocycles. The number of hydrogen-bond acceptors (Lipinski definition) is 3. The molecule has 2 heterocycles. The van der Waals surface area contributed by atoms with E-state index in [1.54, 1.807) is 0 Å². The minimum absolute atomic E-state index is 0.0507. The van der Waals surface area contributed by atoms with Crippen LogP contribution in [0.5, 0.6) is 0 Å². The highest BCUT2D eigenvalue weighted by atomic mass is 32.2. The summed E-state index contributed by atoms with van der Waals surface area (Å²) in [5, 5.41) is -0.336. The lowest BCUT2D eigenvalue weighted by atomic mass is 10.1. The first-order valence-electron chi connectivity index (χ1n) is 6.94. The Bertz CT molecular complexity index is 913. The molecule has 0 radical (unpaired) electrons. The standard InChI is InChI=1S/C14H13F3N2O3S/c15-14(16,17)11-8-13(20)18-12-4-3-9(7-10(11)12)23(21,22)19-5-1-2-6-19/h3-4,7-8H,1-2,5-6H2,(H,18,20). The summed E-state index contributed by atoms with van der Waals surface area (Å²) < 4.78 is 65.6. The number of aromatic nitrogens is 1. The number of sulfonamides is 1. The van der Waals surface area contributed by atoms with Gasteiger partial charge in [-0.3, -0.25) is 4.79 Å². The van der Waals surface area contributed by atoms with E-state index in [-0.39, 0.29) is 15.8 Å². The third-order valence-corrected chi connectivity index (χ3v) is 5.72. The smallest absolute Gasteiger partial charge is 0.322 e. The zero-order valence-electron chi connectivity index (χ0n) is 11.9. The van der Waals surface area contributed by atoms with Crippen LogP contribution in [0.4, 0.5) is 13.2 Å². The Kier molecular flexibility index (Phi) is 3.72. The van der Waals surface area contributed by atoms with E-state index in [1.807, 2.05) is 0 Å². The molecule has 124 valence electrons. The van der Waals surface area contributed by atoms with E-state index in [0.29, 0.717) is 19.2 Å². The van der Waals surface area contributed by atoms with Gasteiger partial charge in [-0.15, -0.1) is 0 Å². The number of halogens is 3. The zero-order chi connectivity index (χ0) is 16.8. The molecule has 0 bridgehead atoms. The predicted octanol–water partition coefficient (Wildman–Crippen LogP) is 2.33. The van der Waals surface area contributed by atoms with Crippen LogP contribution in [0.1, 0.15) is 18.4 Å². The van der Waals surface area contributed by atoms with Gasteiger partial charge < -0.3 is 4.98 Å². The summed E-state index contributed by atoms with van der Waals surface area (Å²) in [5.41, 5.74) is -2.08. The van der Waals surface area contributed by atoms with Crippen molar-refractivity contribution < 1.29 is 21.6 Å². The van der Waals surface area contributed by atoms with Gasteiger partial charge in [-0.05, 0) is 31.0 Å². The molecule has 1 aliphatic heterocycles. The number of H-pyrrole nitrogens is 1. The highest BCUT2D eigenvalue weighted by molar-refractivity contribution is 7.89. The Balaban J connectivity index is 2.22. The van der Waals surface area contributed by atoms with Gasteiger partial charge in [0.1, 0.15) is 0 Å². The molecule has 0 unspecified atom stereocenters. The molecule has 3 rings (SSSR count). The molecule has 0 atom stereocenters. The maximum absolute atomic E-state index is 13.1. The number of aromatic amines is 1. The van der Waals surface area contributed by atoms with Crippen molar-refractivity contribution in [2.75, 3.05) is 13.1 Å². The van der Waals surface area contributed by atoms with Crippen molar-refractivity contribution in [3.05, 3.63) is 40.2 Å². The molecule has 1 aliphatic rings. The van der Waals surface area contributed by atoms with Crippen LogP contribution >= 0.6 is 0 Å². The van der Waals surface area contributed by atoms with Gasteiger partial charge in [0.05, 0.1) is 10.5 Å². The highest BCUT2D eigenvalue weighted by Gasteiger charge is 2.34. The molecule has 1 N–H and O–H groups in total. The second kappa shape index (κ2) is 5.34. The number of pyridine rings is 1. The van der Waals surface area contributed by atoms with Gasteiger partial charge in [0.2, 0.25) is 15.6 Å². The minimum Gasteiger partial charge on any atom is -0.322 e. The van der Waals surface area contributed by atoms with E-state index in [1.165, 1.54) is 16.4 Å². The van der Waals surface area contributed by atoms with Crippen LogP contribution in [-0.2, 0) is 16.2 Å². The number of alkyl halides is 3. The van der Waals surface area contributed by atoms with E-state index in [2.05, 4.69) is 4.98 Å². The second-order valence-corrected chi connectivity index (χ2v) is 7.30. The van der Waals surface area contributed by atoms with Gasteiger partial charge in [-0.1, -0.05) is 0 Å². The number of hydrogen-bond donors (Lipinski definition) is 1. The summed E-state index contributed by atoms with van der Waals surface area (Å²) in [6.07, 6.45) is -3.29. The first-order chi connectivity index (χ1) is 10.7. The molecule has 1 fully saturated rings. The molecule has 5 nitrogen and oxygen atoms in total. The molecule has 0 spiro atoms. The fourth-order valence-corrected chi connectivity index (χ4v) is 4.25. The second-order valence-electron chi connectivity index (χ2n) is 5.36. The third-order valence-electron chi connectivity index (χ3n) is 3.82. The van der Waals surface area contributed by atoms with Gasteiger partial charge in [-0.2, -0.15) is 17.5 Å². The monoisotopic (exact) mass is 346 g/mol. The molecular weight excluding hydrogens is 333 g/mol. The van der Waals surface area contributed by atoms with Gasteiger partial charge in [0.15, 0.2) is 0 Å². The van der Waals surface area contributed by atoms with E-state index in [9.17, 15) is 26.4 Å². The fraction of sp³-hybridized carbons (Fsp3) is 0.357. The maximum atomic E-state index is 13.1. The van der Waals surface area contributed by atoms with Crippen molar-refractivity contribution in [2.45, 2.75) is 23.9 Å². The fourth-order valence-electron chi connectivity index (χ4n) is 2.71. The summed E-state index contributed by atoms with van der Waals surface area (Å²) in [5.74, 6) is 0. The van der Waals surface area contributed by atoms with Gasteiger partial charge in [-0.25, -0.2) is 8.42 Å². The van der Waals surface area contributed by atoms with E-state index >= 15 is 0 Å². The molecule has 2 aromatic rings. The summed E-state index contributed by atoms with van der Waals surface area (Å²) in [7, 11) is -3.83. The van der Waals surface area contributed by atoms with Crippen LogP contribution in [0, 0.1) is 0 Å². The molecule has 1 saturated heterocycles. The molecular formula is C14H13F3N2O3S. The van der Waals surface area contributed by atoms with Crippen molar-refractivity contribution in [3.63, 3.8) is 0 Å². The quantitative estimate of drug-likeness (QED) is 0.907. The molecule has 9 heteroatoms. The molecule has 0 amide bonds. The predicted molar refractivity (Wildman–Crippen MR) is 77.6 cm³/mol. The van der Waals surface area contributed by atoms with Crippen LogP contribution in [-0.4, -0.2) is 30.8 Å². The Labute approximate surface area is 129 Å². The minimum atomic E-state index is -4.75. The zero-order valence-corrected chi connectivity index (χ0v) is 12.7. The number of fused-ring (bicyclic) bond motifs is 1. The van der Waals surface area contributed by atoms with Crippen LogP contribution in [0.2, 0.25) is 0 Å². The van der Waals surface area contributed by atoms with E-state index in [0.717, 1.165) is 18.9 Å². The normalized spacial score (nSPS) is 17.0. The van der Waals surface area contributed by atoms with Crippen molar-refractivity contribution >= 4 is 20.9 Å². The molecule has 0 aliphatic carbocycles. The third kappa shape index (κ3) is 2.86. The SMILES string of the molecule is O=c1cc(C(F)(F)F)c2cc(S(=O)(=O)N3CCCC3)ccc2[nH]1. The van der Waals surface area contributed by atoms with Crippen LogP contribution in [0.3, 0.4) is 0 Å². The number of rotatable bonds is 2. The van der Waals surface area contributed by atoms with Gasteiger partial charge in [0, 0.05) is 30.1 Å². The first-order valence-corrected chi connectivity index (χ1v) is 8.38. The summed E-state index contributed by atoms with van der Waals surface area (Å²) >= 11 is 0. The van der Waals surface area contributed by atoms with Crippen molar-refractivity contribution in [3.8, 4) is 0 Å². The molecule has 0 saturated carbocycles. The lowest BCUT2D eigenvalue weighted by Crippen LogP contribution is -2.27. The lowest BCUT2D eigenvalue weighted by Gasteiger charge is -2.16. The Morgan fingerprint density at radius 3 is 2.35 bits per heavy atom.